The third-order valence-corrected chi connectivity index (χ3v) is 4.89. The summed E-state index contributed by atoms with van der Waals surface area (Å²) in [5, 5.41) is 11.4. The lowest BCUT2D eigenvalue weighted by Gasteiger charge is -2.19. The maximum absolute atomic E-state index is 11.4. The van der Waals surface area contributed by atoms with Crippen LogP contribution in [0.4, 0.5) is 0 Å². The quantitative estimate of drug-likeness (QED) is 0.508. The van der Waals surface area contributed by atoms with Crippen molar-refractivity contribution in [3.63, 3.8) is 0 Å². The maximum Gasteiger partial charge on any atom is 0.155 e. The van der Waals surface area contributed by atoms with E-state index in [1.807, 2.05) is 66.7 Å². The van der Waals surface area contributed by atoms with Crippen molar-refractivity contribution in [3.8, 4) is 11.8 Å². The molecule has 0 radical (unpaired) electrons. The van der Waals surface area contributed by atoms with Crippen LogP contribution in [-0.2, 0) is 0 Å². The van der Waals surface area contributed by atoms with Crippen molar-refractivity contribution in [2.24, 2.45) is 5.92 Å². The van der Waals surface area contributed by atoms with Gasteiger partial charge in [0.15, 0.2) is 5.60 Å². The Morgan fingerprint density at radius 1 is 0.741 bits per heavy atom. The van der Waals surface area contributed by atoms with Gasteiger partial charge in [-0.25, -0.2) is 0 Å². The van der Waals surface area contributed by atoms with Crippen LogP contribution in [-0.4, -0.2) is 10.7 Å². The highest BCUT2D eigenvalue weighted by Gasteiger charge is 2.50. The van der Waals surface area contributed by atoms with Gasteiger partial charge in [-0.1, -0.05) is 97.3 Å². The van der Waals surface area contributed by atoms with Crippen LogP contribution in [0.5, 0.6) is 0 Å². The van der Waals surface area contributed by atoms with Crippen molar-refractivity contribution in [1.29, 1.82) is 0 Å². The van der Waals surface area contributed by atoms with E-state index in [1.165, 1.54) is 0 Å². The van der Waals surface area contributed by atoms with Crippen molar-refractivity contribution in [3.05, 3.63) is 120 Å². The van der Waals surface area contributed by atoms with E-state index in [9.17, 15) is 5.11 Å². The summed E-state index contributed by atoms with van der Waals surface area (Å²) in [5.74, 6) is 5.99. The van der Waals surface area contributed by atoms with Gasteiger partial charge >= 0.3 is 0 Å². The molecule has 27 heavy (non-hydrogen) atoms. The Kier molecular flexibility index (Phi) is 4.50. The van der Waals surface area contributed by atoms with Crippen molar-refractivity contribution >= 4 is 11.1 Å². The minimum Gasteiger partial charge on any atom is -0.373 e. The second kappa shape index (κ2) is 7.11. The van der Waals surface area contributed by atoms with Gasteiger partial charge in [0.05, 0.1) is 5.92 Å². The molecule has 4 rings (SSSR count). The molecule has 0 amide bonds. The van der Waals surface area contributed by atoms with Crippen LogP contribution in [0.25, 0.3) is 11.1 Å². The first-order valence-corrected chi connectivity index (χ1v) is 9.02. The van der Waals surface area contributed by atoms with Crippen molar-refractivity contribution < 1.29 is 5.11 Å². The molecular formula is C26H20O. The topological polar surface area (TPSA) is 20.2 Å². The number of hydrogen-bond acceptors (Lipinski definition) is 1. The average molecular weight is 348 g/mol. The Morgan fingerprint density at radius 3 is 1.63 bits per heavy atom. The summed E-state index contributed by atoms with van der Waals surface area (Å²) in [4.78, 5) is 0. The molecule has 1 atom stereocenters. The Morgan fingerprint density at radius 2 is 1.19 bits per heavy atom. The zero-order valence-electron chi connectivity index (χ0n) is 15.0. The number of hydrogen-bond donors (Lipinski definition) is 1. The first-order valence-electron chi connectivity index (χ1n) is 9.02. The van der Waals surface area contributed by atoms with Crippen LogP contribution in [0, 0.1) is 17.8 Å². The van der Waals surface area contributed by atoms with Gasteiger partial charge in [0.1, 0.15) is 0 Å². The van der Waals surface area contributed by atoms with E-state index in [1.54, 1.807) is 6.08 Å². The largest absolute Gasteiger partial charge is 0.373 e. The minimum absolute atomic E-state index is 0.184. The second-order valence-electron chi connectivity index (χ2n) is 6.64. The van der Waals surface area contributed by atoms with E-state index in [2.05, 4.69) is 42.7 Å². The Bertz CT molecular complexity index is 987. The first-order chi connectivity index (χ1) is 13.2. The third kappa shape index (κ3) is 3.36. The smallest absolute Gasteiger partial charge is 0.155 e. The molecule has 1 N–H and O–H groups in total. The van der Waals surface area contributed by atoms with Crippen LogP contribution < -0.4 is 0 Å². The summed E-state index contributed by atoms with van der Waals surface area (Å²) in [5.41, 5.74) is 4.05. The molecule has 1 unspecified atom stereocenters. The molecule has 1 nitrogen and oxygen atoms in total. The summed E-state index contributed by atoms with van der Waals surface area (Å²) in [6, 6.07) is 30.1. The minimum atomic E-state index is -1.31. The highest BCUT2D eigenvalue weighted by atomic mass is 16.3. The predicted molar refractivity (Wildman–Crippen MR) is 112 cm³/mol. The maximum atomic E-state index is 11.4. The van der Waals surface area contributed by atoms with Gasteiger partial charge < -0.3 is 5.11 Å². The van der Waals surface area contributed by atoms with Crippen LogP contribution in [0.3, 0.4) is 0 Å². The lowest BCUT2D eigenvalue weighted by atomic mass is 9.90. The molecule has 0 aromatic heterocycles. The van der Waals surface area contributed by atoms with Gasteiger partial charge in [-0.05, 0) is 40.5 Å². The van der Waals surface area contributed by atoms with E-state index in [-0.39, 0.29) is 5.92 Å². The fourth-order valence-electron chi connectivity index (χ4n) is 3.48. The molecule has 3 aromatic rings. The molecule has 0 spiro atoms. The molecule has 0 heterocycles. The molecular weight excluding hydrogens is 328 g/mol. The van der Waals surface area contributed by atoms with Gasteiger partial charge in [-0.3, -0.25) is 0 Å². The van der Waals surface area contributed by atoms with Gasteiger partial charge in [0.2, 0.25) is 0 Å². The summed E-state index contributed by atoms with van der Waals surface area (Å²) >= 11 is 0. The fourth-order valence-corrected chi connectivity index (χ4v) is 3.48. The second-order valence-corrected chi connectivity index (χ2v) is 6.64. The Hall–Kier alpha value is -3.34. The molecule has 3 aromatic carbocycles. The zero-order valence-corrected chi connectivity index (χ0v) is 15.0. The summed E-state index contributed by atoms with van der Waals surface area (Å²) in [6.07, 6.45) is 1.56. The number of aliphatic hydroxyl groups is 1. The highest BCUT2D eigenvalue weighted by Crippen LogP contribution is 2.58. The van der Waals surface area contributed by atoms with Crippen LogP contribution in [0.2, 0.25) is 0 Å². The van der Waals surface area contributed by atoms with E-state index >= 15 is 0 Å². The van der Waals surface area contributed by atoms with E-state index < -0.39 is 5.60 Å². The summed E-state index contributed by atoms with van der Waals surface area (Å²) < 4.78 is 0. The lowest BCUT2D eigenvalue weighted by Crippen LogP contribution is -2.28. The van der Waals surface area contributed by atoms with Gasteiger partial charge in [0, 0.05) is 5.56 Å². The molecule has 0 saturated carbocycles. The summed E-state index contributed by atoms with van der Waals surface area (Å²) in [7, 11) is 0. The van der Waals surface area contributed by atoms with Crippen molar-refractivity contribution in [1.82, 2.24) is 0 Å². The Labute approximate surface area is 160 Å². The first kappa shape index (κ1) is 17.1. The Balaban J connectivity index is 1.75. The molecule has 0 bridgehead atoms. The van der Waals surface area contributed by atoms with Crippen LogP contribution >= 0.6 is 0 Å². The zero-order chi connectivity index (χ0) is 18.7. The molecule has 0 fully saturated rings. The van der Waals surface area contributed by atoms with Gasteiger partial charge in [-0.2, -0.15) is 0 Å². The van der Waals surface area contributed by atoms with Gasteiger partial charge in [-0.15, -0.1) is 0 Å². The van der Waals surface area contributed by atoms with E-state index in [0.717, 1.165) is 27.8 Å². The average Bonchev–Trinajstić information content (AvgIpc) is 3.51. The van der Waals surface area contributed by atoms with E-state index in [4.69, 9.17) is 0 Å². The normalized spacial score (nSPS) is 15.4. The molecule has 130 valence electrons. The molecule has 0 saturated heterocycles. The molecule has 1 heteroatoms. The number of rotatable bonds is 4. The molecule has 0 aliphatic heterocycles. The van der Waals surface area contributed by atoms with Crippen LogP contribution in [0.15, 0.2) is 104 Å². The lowest BCUT2D eigenvalue weighted by molar-refractivity contribution is 0.142. The van der Waals surface area contributed by atoms with E-state index in [0.29, 0.717) is 0 Å². The molecule has 1 aliphatic carbocycles. The van der Waals surface area contributed by atoms with Crippen LogP contribution in [0.1, 0.15) is 16.7 Å². The van der Waals surface area contributed by atoms with Gasteiger partial charge in [0.25, 0.3) is 0 Å². The monoisotopic (exact) mass is 348 g/mol. The summed E-state index contributed by atoms with van der Waals surface area (Å²) in [6.45, 7) is 3.88. The number of benzene rings is 3. The third-order valence-electron chi connectivity index (χ3n) is 4.89. The predicted octanol–water partition coefficient (Wildman–Crippen LogP) is 5.20. The highest BCUT2D eigenvalue weighted by molar-refractivity contribution is 6.12. The van der Waals surface area contributed by atoms with Crippen molar-refractivity contribution in [2.45, 2.75) is 5.60 Å². The van der Waals surface area contributed by atoms with Crippen molar-refractivity contribution in [2.75, 3.05) is 0 Å². The molecule has 1 aliphatic rings. The standard InChI is InChI=1S/C26H20O/c1-2-26(27,19-18-20-12-6-3-7-13-20)25-23(21-14-8-4-9-15-21)24(25)22-16-10-5-11-17-22/h2-17,25,27H,1H2. The fraction of sp³-hybridized carbons (Fsp3) is 0.0769. The SMILES string of the molecule is C=CC(O)(C#Cc1ccccc1)C1C(c2ccccc2)=C1c1ccccc1.